The van der Waals surface area contributed by atoms with Crippen molar-refractivity contribution in [1.29, 1.82) is 0 Å². The quantitative estimate of drug-likeness (QED) is 0.382. The maximum atomic E-state index is 11.1. The maximum absolute atomic E-state index is 11.1. The molecule has 6 nitrogen and oxygen atoms in total. The molecule has 0 aromatic heterocycles. The minimum atomic E-state index is -0.432. The molecule has 0 saturated carbocycles. The van der Waals surface area contributed by atoms with Crippen LogP contribution < -0.4 is 0 Å². The van der Waals surface area contributed by atoms with Gasteiger partial charge in [-0.3, -0.25) is 0 Å². The van der Waals surface area contributed by atoms with E-state index in [1.165, 1.54) is 0 Å². The Kier molecular flexibility index (Phi) is 14.7. The molecule has 0 heterocycles. The summed E-state index contributed by atoms with van der Waals surface area (Å²) in [5.41, 5.74) is 0.706. The first-order chi connectivity index (χ1) is 10.3. The van der Waals surface area contributed by atoms with E-state index in [-0.39, 0.29) is 25.9 Å². The molecule has 0 aliphatic heterocycles. The maximum Gasteiger partial charge on any atom is 0.333 e. The van der Waals surface area contributed by atoms with E-state index >= 15 is 0 Å². The normalized spacial score (nSPS) is 10.8. The van der Waals surface area contributed by atoms with Gasteiger partial charge in [0, 0.05) is 30.8 Å². The molecule has 0 bridgehead atoms. The molecule has 1 atom stereocenters. The Balaban J connectivity index is 0. The fourth-order valence-corrected chi connectivity index (χ4v) is 1.01. The van der Waals surface area contributed by atoms with Gasteiger partial charge in [-0.15, -0.1) is 0 Å². The van der Waals surface area contributed by atoms with Crippen molar-refractivity contribution in [2.24, 2.45) is 0 Å². The van der Waals surface area contributed by atoms with Gasteiger partial charge in [-0.2, -0.15) is 0 Å². The van der Waals surface area contributed by atoms with Crippen LogP contribution in [0.1, 0.15) is 40.0 Å². The number of carbonyl (C=O) groups is 2. The highest BCUT2D eigenvalue weighted by Gasteiger charge is 2.11. The van der Waals surface area contributed by atoms with Crippen LogP contribution >= 0.6 is 0 Å². The van der Waals surface area contributed by atoms with Gasteiger partial charge in [0.05, 0.1) is 6.61 Å². The molecule has 0 saturated heterocycles. The van der Waals surface area contributed by atoms with Crippen molar-refractivity contribution in [3.63, 3.8) is 0 Å². The molecular formula is C16H28O6. The van der Waals surface area contributed by atoms with Crippen molar-refractivity contribution in [2.75, 3.05) is 19.8 Å². The fourth-order valence-electron chi connectivity index (χ4n) is 1.01. The number of hydrogen-bond acceptors (Lipinski definition) is 6. The van der Waals surface area contributed by atoms with Gasteiger partial charge < -0.3 is 19.7 Å². The zero-order valence-corrected chi connectivity index (χ0v) is 13.8. The Morgan fingerprint density at radius 1 is 1.00 bits per heavy atom. The number of esters is 2. The fraction of sp³-hybridized carbons (Fsp3) is 0.625. The number of aliphatic hydroxyl groups excluding tert-OH is 2. The molecule has 22 heavy (non-hydrogen) atoms. The van der Waals surface area contributed by atoms with Gasteiger partial charge in [-0.05, 0) is 33.6 Å². The van der Waals surface area contributed by atoms with Crippen molar-refractivity contribution >= 4 is 11.9 Å². The Bertz CT molecular complexity index is 358. The van der Waals surface area contributed by atoms with Gasteiger partial charge in [0.2, 0.25) is 0 Å². The summed E-state index contributed by atoms with van der Waals surface area (Å²) in [6.45, 7) is 12.4. The molecule has 0 spiro atoms. The average Bonchev–Trinajstić information content (AvgIpc) is 2.45. The Hall–Kier alpha value is -1.66. The summed E-state index contributed by atoms with van der Waals surface area (Å²) in [4.78, 5) is 22.1. The predicted octanol–water partition coefficient (Wildman–Crippen LogP) is 1.75. The van der Waals surface area contributed by atoms with Crippen LogP contribution in [-0.2, 0) is 19.1 Å². The van der Waals surface area contributed by atoms with Gasteiger partial charge in [-0.1, -0.05) is 13.2 Å². The second-order valence-electron chi connectivity index (χ2n) is 4.86. The van der Waals surface area contributed by atoms with E-state index in [1.54, 1.807) is 20.8 Å². The van der Waals surface area contributed by atoms with E-state index in [1.807, 2.05) is 0 Å². The van der Waals surface area contributed by atoms with Gasteiger partial charge in [0.1, 0.15) is 6.10 Å². The molecule has 2 N–H and O–H groups in total. The Morgan fingerprint density at radius 3 is 1.82 bits per heavy atom. The van der Waals surface area contributed by atoms with E-state index < -0.39 is 11.9 Å². The van der Waals surface area contributed by atoms with Gasteiger partial charge in [0.15, 0.2) is 0 Å². The molecule has 1 unspecified atom stereocenters. The van der Waals surface area contributed by atoms with Crippen LogP contribution in [0.3, 0.4) is 0 Å². The largest absolute Gasteiger partial charge is 0.462 e. The van der Waals surface area contributed by atoms with Crippen molar-refractivity contribution in [3.8, 4) is 0 Å². The van der Waals surface area contributed by atoms with Gasteiger partial charge in [0.25, 0.3) is 0 Å². The Labute approximate surface area is 132 Å². The summed E-state index contributed by atoms with van der Waals surface area (Å²) in [6, 6.07) is 0. The van der Waals surface area contributed by atoms with Gasteiger partial charge >= 0.3 is 11.9 Å². The number of rotatable bonds is 9. The molecule has 0 aliphatic carbocycles. The van der Waals surface area contributed by atoms with E-state index in [4.69, 9.17) is 19.7 Å². The molecular weight excluding hydrogens is 288 g/mol. The first kappa shape index (κ1) is 22.6. The third-order valence-electron chi connectivity index (χ3n) is 2.33. The minimum Gasteiger partial charge on any atom is -0.462 e. The van der Waals surface area contributed by atoms with Crippen LogP contribution in [0.4, 0.5) is 0 Å². The molecule has 6 heteroatoms. The zero-order chi connectivity index (χ0) is 17.5. The molecule has 128 valence electrons. The van der Waals surface area contributed by atoms with Crippen LogP contribution in [0.2, 0.25) is 0 Å². The first-order valence-corrected chi connectivity index (χ1v) is 7.17. The lowest BCUT2D eigenvalue weighted by Gasteiger charge is -2.13. The molecule has 0 rings (SSSR count). The predicted molar refractivity (Wildman–Crippen MR) is 84.2 cm³/mol. The molecule has 0 aromatic rings. The van der Waals surface area contributed by atoms with Crippen LogP contribution in [0.25, 0.3) is 0 Å². The summed E-state index contributed by atoms with van der Waals surface area (Å²) in [6.07, 6.45) is 1.59. The first-order valence-electron chi connectivity index (χ1n) is 7.17. The molecule has 0 aromatic carbocycles. The summed E-state index contributed by atoms with van der Waals surface area (Å²) in [5, 5.41) is 16.2. The smallest absolute Gasteiger partial charge is 0.333 e. The third kappa shape index (κ3) is 14.7. The summed E-state index contributed by atoms with van der Waals surface area (Å²) >= 11 is 0. The zero-order valence-electron chi connectivity index (χ0n) is 13.8. The van der Waals surface area contributed by atoms with Crippen molar-refractivity contribution < 1.29 is 29.3 Å². The molecule has 0 radical (unpaired) electrons. The van der Waals surface area contributed by atoms with Crippen molar-refractivity contribution in [2.45, 2.75) is 46.1 Å². The van der Waals surface area contributed by atoms with Crippen molar-refractivity contribution in [3.05, 3.63) is 24.3 Å². The summed E-state index contributed by atoms with van der Waals surface area (Å²) in [5.74, 6) is -0.864. The second kappa shape index (κ2) is 14.3. The lowest BCUT2D eigenvalue weighted by atomic mass is 10.3. The monoisotopic (exact) mass is 316 g/mol. The lowest BCUT2D eigenvalue weighted by molar-refractivity contribution is -0.145. The average molecular weight is 316 g/mol. The number of hydrogen-bond donors (Lipinski definition) is 2. The van der Waals surface area contributed by atoms with Crippen LogP contribution in [0.15, 0.2) is 24.3 Å². The highest BCUT2D eigenvalue weighted by Crippen LogP contribution is 2.03. The van der Waals surface area contributed by atoms with Gasteiger partial charge in [-0.25, -0.2) is 9.59 Å². The number of carbonyl (C=O) groups excluding carboxylic acids is 2. The highest BCUT2D eigenvalue weighted by atomic mass is 16.6. The summed E-state index contributed by atoms with van der Waals surface area (Å²) < 4.78 is 9.87. The molecule has 0 fully saturated rings. The van der Waals surface area contributed by atoms with E-state index in [0.717, 1.165) is 12.8 Å². The lowest BCUT2D eigenvalue weighted by Crippen LogP contribution is -2.18. The SMILES string of the molecule is C=C(C)C(=O)OCCC(C)OC(=O)C(=C)C.OCCCCO. The number of aliphatic hydroxyl groups is 2. The molecule has 0 aliphatic rings. The molecule has 0 amide bonds. The highest BCUT2D eigenvalue weighted by molar-refractivity contribution is 5.87. The van der Waals surface area contributed by atoms with Crippen LogP contribution in [0.5, 0.6) is 0 Å². The minimum absolute atomic E-state index is 0.195. The van der Waals surface area contributed by atoms with E-state index in [9.17, 15) is 9.59 Å². The number of ether oxygens (including phenoxy) is 2. The Morgan fingerprint density at radius 2 is 1.45 bits per heavy atom. The van der Waals surface area contributed by atoms with E-state index in [2.05, 4.69) is 13.2 Å². The van der Waals surface area contributed by atoms with Crippen LogP contribution in [-0.4, -0.2) is 48.1 Å². The van der Waals surface area contributed by atoms with Crippen molar-refractivity contribution in [1.82, 2.24) is 0 Å². The van der Waals surface area contributed by atoms with E-state index in [0.29, 0.717) is 17.6 Å². The summed E-state index contributed by atoms with van der Waals surface area (Å²) in [7, 11) is 0. The van der Waals surface area contributed by atoms with Crippen LogP contribution in [0, 0.1) is 0 Å². The standard InChI is InChI=1S/C12H18O4.C4H10O2/c1-8(2)11(13)15-7-6-10(5)16-12(14)9(3)4;5-3-1-2-4-6/h10H,1,3,6-7H2,2,4-5H3;5-6H,1-4H2. The number of unbranched alkanes of at least 4 members (excludes halogenated alkanes) is 1. The second-order valence-corrected chi connectivity index (χ2v) is 4.86. The topological polar surface area (TPSA) is 93.1 Å². The third-order valence-corrected chi connectivity index (χ3v) is 2.33.